The fourth-order valence-corrected chi connectivity index (χ4v) is 4.21. The normalized spacial score (nSPS) is 29.8. The number of unbranched alkanes of at least 4 members (excludes halogenated alkanes) is 2. The first kappa shape index (κ1) is 13.7. The number of hydrogen-bond donors (Lipinski definition) is 2. The van der Waals surface area contributed by atoms with Crippen molar-refractivity contribution >= 4 is 23.6 Å². The summed E-state index contributed by atoms with van der Waals surface area (Å²) in [5.74, 6) is 1.40. The van der Waals surface area contributed by atoms with Crippen LogP contribution in [0.1, 0.15) is 45.4 Å². The molecule has 2 aliphatic heterocycles. The molecule has 0 aromatic rings. The molecule has 0 aliphatic carbocycles. The van der Waals surface area contributed by atoms with Gasteiger partial charge in [-0.05, 0) is 12.8 Å². The van der Waals surface area contributed by atoms with E-state index in [0.29, 0.717) is 29.5 Å². The summed E-state index contributed by atoms with van der Waals surface area (Å²) in [5.41, 5.74) is 0. The lowest BCUT2D eigenvalue weighted by atomic mass is 10.0. The molecule has 0 aromatic carbocycles. The van der Waals surface area contributed by atoms with Gasteiger partial charge in [0, 0.05) is 23.8 Å². The van der Waals surface area contributed by atoms with Crippen molar-refractivity contribution in [3.63, 3.8) is 0 Å². The molecule has 4 nitrogen and oxygen atoms in total. The third-order valence-corrected chi connectivity index (χ3v) is 5.29. The van der Waals surface area contributed by atoms with Crippen molar-refractivity contribution in [2.75, 3.05) is 5.75 Å². The van der Waals surface area contributed by atoms with Gasteiger partial charge in [-0.1, -0.05) is 19.8 Å². The second-order valence-corrected chi connectivity index (χ2v) is 6.39. The number of urea groups is 1. The summed E-state index contributed by atoms with van der Waals surface area (Å²) in [6.07, 6.45) is 5.85. The molecule has 2 fully saturated rings. The second-order valence-electron chi connectivity index (χ2n) is 5.11. The van der Waals surface area contributed by atoms with E-state index >= 15 is 0 Å². The molecule has 2 rings (SSSR count). The van der Waals surface area contributed by atoms with E-state index in [0.717, 1.165) is 37.9 Å². The minimum absolute atomic E-state index is 0.0103. The standard InChI is InChI=1S/C13H22N2O2S/c1-2-9(16)6-4-3-5-7-11-12-10(8-18-11)14-13(17)15-12/h10-12H,2-8H2,1H3,(H2,14,15,17)/t10-,11-,12-/m0/s1. The Balaban J connectivity index is 1.60. The Morgan fingerprint density at radius 1 is 1.33 bits per heavy atom. The van der Waals surface area contributed by atoms with Gasteiger partial charge in [-0.2, -0.15) is 11.8 Å². The number of ketones is 1. The molecule has 0 aromatic heterocycles. The first-order chi connectivity index (χ1) is 8.70. The fraction of sp³-hybridized carbons (Fsp3) is 0.846. The van der Waals surface area contributed by atoms with E-state index in [-0.39, 0.29) is 6.03 Å². The van der Waals surface area contributed by atoms with Gasteiger partial charge in [0.25, 0.3) is 0 Å². The predicted octanol–water partition coefficient (Wildman–Crippen LogP) is 2.08. The zero-order valence-corrected chi connectivity index (χ0v) is 11.7. The Hall–Kier alpha value is -0.710. The van der Waals surface area contributed by atoms with Crippen LogP contribution in [-0.2, 0) is 4.79 Å². The average Bonchev–Trinajstić information content (AvgIpc) is 2.88. The number of fused-ring (bicyclic) bond motifs is 1. The van der Waals surface area contributed by atoms with Gasteiger partial charge < -0.3 is 10.6 Å². The van der Waals surface area contributed by atoms with E-state index < -0.39 is 0 Å². The topological polar surface area (TPSA) is 58.2 Å². The molecule has 2 saturated heterocycles. The predicted molar refractivity (Wildman–Crippen MR) is 73.9 cm³/mol. The van der Waals surface area contributed by atoms with Crippen LogP contribution in [0.5, 0.6) is 0 Å². The Kier molecular flexibility index (Phi) is 4.92. The lowest BCUT2D eigenvalue weighted by Crippen LogP contribution is -2.36. The van der Waals surface area contributed by atoms with Crippen molar-refractivity contribution in [3.05, 3.63) is 0 Å². The van der Waals surface area contributed by atoms with Gasteiger partial charge in [0.15, 0.2) is 0 Å². The Bertz CT molecular complexity index is 322. The van der Waals surface area contributed by atoms with Crippen molar-refractivity contribution in [2.45, 2.75) is 62.8 Å². The van der Waals surface area contributed by atoms with Crippen LogP contribution in [0, 0.1) is 0 Å². The largest absolute Gasteiger partial charge is 0.332 e. The molecular formula is C13H22N2O2S. The lowest BCUT2D eigenvalue weighted by molar-refractivity contribution is -0.118. The number of hydrogen-bond acceptors (Lipinski definition) is 3. The van der Waals surface area contributed by atoms with E-state index in [1.807, 2.05) is 18.7 Å². The van der Waals surface area contributed by atoms with Crippen LogP contribution in [0.25, 0.3) is 0 Å². The SMILES string of the molecule is CCC(=O)CCCCC[C@@H]1SC[C@@H]2NC(=O)N[C@@H]21. The van der Waals surface area contributed by atoms with Gasteiger partial charge in [-0.15, -0.1) is 0 Å². The Labute approximate surface area is 113 Å². The molecule has 5 heteroatoms. The molecule has 102 valence electrons. The first-order valence-corrected chi connectivity index (χ1v) is 7.96. The number of rotatable bonds is 7. The van der Waals surface area contributed by atoms with Crippen molar-refractivity contribution < 1.29 is 9.59 Å². The maximum atomic E-state index is 11.2. The lowest BCUT2D eigenvalue weighted by Gasteiger charge is -2.16. The molecule has 3 atom stereocenters. The molecule has 2 heterocycles. The molecule has 18 heavy (non-hydrogen) atoms. The summed E-state index contributed by atoms with van der Waals surface area (Å²) < 4.78 is 0. The summed E-state index contributed by atoms with van der Waals surface area (Å²) in [6.45, 7) is 1.92. The summed E-state index contributed by atoms with van der Waals surface area (Å²) in [7, 11) is 0. The summed E-state index contributed by atoms with van der Waals surface area (Å²) in [4.78, 5) is 22.4. The van der Waals surface area contributed by atoms with Gasteiger partial charge in [-0.25, -0.2) is 4.79 Å². The molecule has 2 amide bonds. The first-order valence-electron chi connectivity index (χ1n) is 6.91. The maximum Gasteiger partial charge on any atom is 0.315 e. The van der Waals surface area contributed by atoms with Gasteiger partial charge in [0.1, 0.15) is 5.78 Å². The van der Waals surface area contributed by atoms with Gasteiger partial charge in [0.05, 0.1) is 12.1 Å². The zero-order chi connectivity index (χ0) is 13.0. The molecule has 0 bridgehead atoms. The third-order valence-electron chi connectivity index (χ3n) is 3.78. The van der Waals surface area contributed by atoms with Gasteiger partial charge in [0.2, 0.25) is 0 Å². The van der Waals surface area contributed by atoms with Gasteiger partial charge >= 0.3 is 6.03 Å². The van der Waals surface area contributed by atoms with E-state index in [4.69, 9.17) is 0 Å². The number of carbonyl (C=O) groups is 2. The molecule has 2 aliphatic rings. The molecule has 0 unspecified atom stereocenters. The number of Topliss-reactive ketones (excluding diaryl/α,β-unsaturated/α-hetero) is 1. The van der Waals surface area contributed by atoms with Crippen LogP contribution >= 0.6 is 11.8 Å². The molecule has 0 spiro atoms. The van der Waals surface area contributed by atoms with Crippen LogP contribution in [0.4, 0.5) is 4.79 Å². The highest BCUT2D eigenvalue weighted by Gasteiger charge is 2.42. The quantitative estimate of drug-likeness (QED) is 0.550. The highest BCUT2D eigenvalue weighted by molar-refractivity contribution is 8.00. The number of carbonyl (C=O) groups excluding carboxylic acids is 2. The molecule has 2 N–H and O–H groups in total. The van der Waals surface area contributed by atoms with Gasteiger partial charge in [-0.3, -0.25) is 4.79 Å². The number of amides is 2. The second kappa shape index (κ2) is 6.45. The van der Waals surface area contributed by atoms with Crippen molar-refractivity contribution in [3.8, 4) is 0 Å². The zero-order valence-electron chi connectivity index (χ0n) is 10.9. The summed E-state index contributed by atoms with van der Waals surface area (Å²) >= 11 is 1.96. The molecular weight excluding hydrogens is 248 g/mol. The monoisotopic (exact) mass is 270 g/mol. The van der Waals surface area contributed by atoms with Crippen molar-refractivity contribution in [2.24, 2.45) is 0 Å². The van der Waals surface area contributed by atoms with Crippen LogP contribution in [0.2, 0.25) is 0 Å². The maximum absolute atomic E-state index is 11.2. The van der Waals surface area contributed by atoms with E-state index in [9.17, 15) is 9.59 Å². The average molecular weight is 270 g/mol. The Morgan fingerprint density at radius 2 is 2.17 bits per heavy atom. The molecule has 0 saturated carbocycles. The van der Waals surface area contributed by atoms with Crippen LogP contribution in [0.15, 0.2) is 0 Å². The van der Waals surface area contributed by atoms with E-state index in [1.54, 1.807) is 0 Å². The summed E-state index contributed by atoms with van der Waals surface area (Å²) in [5, 5.41) is 6.52. The number of thioether (sulfide) groups is 1. The smallest absolute Gasteiger partial charge is 0.315 e. The highest BCUT2D eigenvalue weighted by atomic mass is 32.2. The molecule has 0 radical (unpaired) electrons. The Morgan fingerprint density at radius 3 is 2.94 bits per heavy atom. The van der Waals surface area contributed by atoms with Crippen LogP contribution in [-0.4, -0.2) is 34.9 Å². The summed E-state index contributed by atoms with van der Waals surface area (Å²) in [6, 6.07) is 0.637. The fourth-order valence-electron chi connectivity index (χ4n) is 2.66. The highest BCUT2D eigenvalue weighted by Crippen LogP contribution is 2.33. The van der Waals surface area contributed by atoms with E-state index in [1.165, 1.54) is 0 Å². The minimum atomic E-state index is -0.0103. The van der Waals surface area contributed by atoms with E-state index in [2.05, 4.69) is 10.6 Å². The van der Waals surface area contributed by atoms with Crippen molar-refractivity contribution in [1.82, 2.24) is 10.6 Å². The minimum Gasteiger partial charge on any atom is -0.332 e. The van der Waals surface area contributed by atoms with Crippen LogP contribution in [0.3, 0.4) is 0 Å². The van der Waals surface area contributed by atoms with Crippen molar-refractivity contribution in [1.29, 1.82) is 0 Å². The van der Waals surface area contributed by atoms with Crippen LogP contribution < -0.4 is 10.6 Å². The third kappa shape index (κ3) is 3.40. The number of nitrogens with one attached hydrogen (secondary N) is 2.